The molecule has 0 aliphatic carbocycles. The largest absolute Gasteiger partial charge is 0.418 e. The van der Waals surface area contributed by atoms with Gasteiger partial charge in [0.2, 0.25) is 0 Å². The fourth-order valence-corrected chi connectivity index (χ4v) is 4.43. The van der Waals surface area contributed by atoms with Crippen LogP contribution in [0.2, 0.25) is 0 Å². The SMILES string of the molecule is CN(C)CCCNC(=O)c1ccc(-c2ccc(-c3ccc(Br)cc3)n2-c2ccccc2C(F)(F)F)cc1.Cl. The van der Waals surface area contributed by atoms with E-state index < -0.39 is 11.7 Å². The normalized spacial score (nSPS) is 11.3. The average molecular weight is 607 g/mol. The van der Waals surface area contributed by atoms with Crippen LogP contribution in [0.1, 0.15) is 22.3 Å². The molecule has 4 aromatic rings. The molecule has 0 saturated carbocycles. The average Bonchev–Trinajstić information content (AvgIpc) is 3.31. The van der Waals surface area contributed by atoms with Crippen LogP contribution in [0.15, 0.2) is 89.4 Å². The van der Waals surface area contributed by atoms with Crippen LogP contribution >= 0.6 is 28.3 Å². The molecule has 38 heavy (non-hydrogen) atoms. The molecule has 0 aliphatic rings. The van der Waals surface area contributed by atoms with Crippen molar-refractivity contribution in [3.8, 4) is 28.2 Å². The number of nitrogens with zero attached hydrogens (tertiary/aromatic N) is 2. The van der Waals surface area contributed by atoms with E-state index in [4.69, 9.17) is 0 Å². The van der Waals surface area contributed by atoms with Crippen LogP contribution in [0.5, 0.6) is 0 Å². The molecule has 1 aromatic heterocycles. The molecule has 0 radical (unpaired) electrons. The Hall–Kier alpha value is -3.07. The third-order valence-electron chi connectivity index (χ3n) is 5.98. The summed E-state index contributed by atoms with van der Waals surface area (Å²) in [6.45, 7) is 1.43. The predicted octanol–water partition coefficient (Wildman–Crippen LogP) is 7.70. The summed E-state index contributed by atoms with van der Waals surface area (Å²) in [6.07, 6.45) is -3.69. The number of carbonyl (C=O) groups excluding carboxylic acids is 1. The van der Waals surface area contributed by atoms with Crippen LogP contribution in [0, 0.1) is 0 Å². The third kappa shape index (κ3) is 6.87. The van der Waals surface area contributed by atoms with Gasteiger partial charge in [-0.25, -0.2) is 0 Å². The van der Waals surface area contributed by atoms with Crippen molar-refractivity contribution in [3.63, 3.8) is 0 Å². The van der Waals surface area contributed by atoms with E-state index in [0.717, 1.165) is 29.1 Å². The van der Waals surface area contributed by atoms with Gasteiger partial charge in [-0.1, -0.05) is 52.3 Å². The van der Waals surface area contributed by atoms with Gasteiger partial charge < -0.3 is 14.8 Å². The highest BCUT2D eigenvalue weighted by Crippen LogP contribution is 2.39. The minimum Gasteiger partial charge on any atom is -0.352 e. The molecule has 1 amide bonds. The van der Waals surface area contributed by atoms with Crippen molar-refractivity contribution in [1.82, 2.24) is 14.8 Å². The lowest BCUT2D eigenvalue weighted by atomic mass is 10.1. The summed E-state index contributed by atoms with van der Waals surface area (Å²) >= 11 is 3.42. The van der Waals surface area contributed by atoms with E-state index in [1.54, 1.807) is 41.0 Å². The molecule has 200 valence electrons. The van der Waals surface area contributed by atoms with Crippen molar-refractivity contribution in [2.75, 3.05) is 27.2 Å². The number of carbonyl (C=O) groups is 1. The van der Waals surface area contributed by atoms with Crippen LogP contribution in [-0.2, 0) is 6.18 Å². The molecule has 1 heterocycles. The Morgan fingerprint density at radius 1 is 0.868 bits per heavy atom. The lowest BCUT2D eigenvalue weighted by molar-refractivity contribution is -0.137. The summed E-state index contributed by atoms with van der Waals surface area (Å²) in [5, 5.41) is 2.91. The summed E-state index contributed by atoms with van der Waals surface area (Å²) in [7, 11) is 3.96. The Labute approximate surface area is 235 Å². The monoisotopic (exact) mass is 605 g/mol. The summed E-state index contributed by atoms with van der Waals surface area (Å²) in [5.74, 6) is -0.182. The molecule has 0 spiro atoms. The van der Waals surface area contributed by atoms with Gasteiger partial charge in [-0.2, -0.15) is 13.2 Å². The van der Waals surface area contributed by atoms with Crippen molar-refractivity contribution >= 4 is 34.2 Å². The van der Waals surface area contributed by atoms with Crippen LogP contribution < -0.4 is 5.32 Å². The topological polar surface area (TPSA) is 37.3 Å². The van der Waals surface area contributed by atoms with Crippen LogP contribution in [0.25, 0.3) is 28.2 Å². The summed E-state index contributed by atoms with van der Waals surface area (Å²) in [6, 6.07) is 23.5. The summed E-state index contributed by atoms with van der Waals surface area (Å²) < 4.78 is 44.5. The van der Waals surface area contributed by atoms with E-state index in [2.05, 4.69) is 26.1 Å². The Bertz CT molecular complexity index is 1370. The van der Waals surface area contributed by atoms with Crippen molar-refractivity contribution in [2.45, 2.75) is 12.6 Å². The number of hydrogen-bond acceptors (Lipinski definition) is 2. The molecule has 0 saturated heterocycles. The first-order valence-corrected chi connectivity index (χ1v) is 12.6. The second-order valence-corrected chi connectivity index (χ2v) is 9.87. The molecule has 0 unspecified atom stereocenters. The first-order valence-electron chi connectivity index (χ1n) is 11.8. The molecular weight excluding hydrogens is 579 g/mol. The number of rotatable bonds is 8. The van der Waals surface area contributed by atoms with Crippen molar-refractivity contribution in [2.24, 2.45) is 0 Å². The molecule has 0 atom stereocenters. The van der Waals surface area contributed by atoms with Crippen LogP contribution in [0.3, 0.4) is 0 Å². The maximum atomic E-state index is 14.0. The number of aromatic nitrogens is 1. The molecule has 0 bridgehead atoms. The third-order valence-corrected chi connectivity index (χ3v) is 6.51. The van der Waals surface area contributed by atoms with E-state index in [9.17, 15) is 18.0 Å². The standard InChI is InChI=1S/C29H27BrF3N3O.ClH/c1-35(2)19-5-18-34-28(37)22-10-8-20(9-11-22)25-16-17-26(21-12-14-23(30)15-13-21)36(25)27-7-4-3-6-24(27)29(31,32)33;/h3-4,6-17H,5,18-19H2,1-2H3,(H,34,37);1H. The van der Waals surface area contributed by atoms with Crippen molar-refractivity contribution < 1.29 is 18.0 Å². The lowest BCUT2D eigenvalue weighted by Gasteiger charge is -2.19. The lowest BCUT2D eigenvalue weighted by Crippen LogP contribution is -2.27. The summed E-state index contributed by atoms with van der Waals surface area (Å²) in [5.41, 5.74) is 2.50. The highest BCUT2D eigenvalue weighted by Gasteiger charge is 2.34. The quantitative estimate of drug-likeness (QED) is 0.209. The fraction of sp³-hybridized carbons (Fsp3) is 0.207. The van der Waals surface area contributed by atoms with E-state index >= 15 is 0 Å². The van der Waals surface area contributed by atoms with Crippen molar-refractivity contribution in [3.05, 3.63) is 101 Å². The minimum absolute atomic E-state index is 0. The Kier molecular flexibility index (Phi) is 9.82. The zero-order valence-electron chi connectivity index (χ0n) is 20.9. The fourth-order valence-electron chi connectivity index (χ4n) is 4.17. The zero-order chi connectivity index (χ0) is 26.6. The van der Waals surface area contributed by atoms with E-state index in [1.165, 1.54) is 12.1 Å². The van der Waals surface area contributed by atoms with Gasteiger partial charge in [-0.15, -0.1) is 12.4 Å². The number of benzene rings is 3. The van der Waals surface area contributed by atoms with Gasteiger partial charge in [-0.05, 0) is 86.7 Å². The summed E-state index contributed by atoms with van der Waals surface area (Å²) in [4.78, 5) is 14.6. The van der Waals surface area contributed by atoms with Gasteiger partial charge in [0.05, 0.1) is 22.6 Å². The second kappa shape index (κ2) is 12.7. The number of para-hydroxylation sites is 1. The van der Waals surface area contributed by atoms with Crippen LogP contribution in [0.4, 0.5) is 13.2 Å². The van der Waals surface area contributed by atoms with Crippen molar-refractivity contribution in [1.29, 1.82) is 0 Å². The zero-order valence-corrected chi connectivity index (χ0v) is 23.3. The Morgan fingerprint density at radius 2 is 1.42 bits per heavy atom. The number of amides is 1. The Morgan fingerprint density at radius 3 is 1.97 bits per heavy atom. The smallest absolute Gasteiger partial charge is 0.352 e. The van der Waals surface area contributed by atoms with Gasteiger partial charge in [0.1, 0.15) is 0 Å². The number of halogens is 5. The van der Waals surface area contributed by atoms with Crippen LogP contribution in [-0.4, -0.2) is 42.6 Å². The highest BCUT2D eigenvalue weighted by molar-refractivity contribution is 9.10. The molecule has 0 aliphatic heterocycles. The molecule has 1 N–H and O–H groups in total. The number of alkyl halides is 3. The molecule has 0 fully saturated rings. The highest BCUT2D eigenvalue weighted by atomic mass is 79.9. The maximum Gasteiger partial charge on any atom is 0.418 e. The van der Waals surface area contributed by atoms with Gasteiger partial charge >= 0.3 is 6.18 Å². The number of nitrogens with one attached hydrogen (secondary N) is 1. The van der Waals surface area contributed by atoms with E-state index in [1.807, 2.05) is 44.4 Å². The first kappa shape index (κ1) is 29.5. The Balaban J connectivity index is 0.00000400. The molecular formula is C29H28BrClF3N3O. The molecule has 3 aromatic carbocycles. The molecule has 4 nitrogen and oxygen atoms in total. The first-order chi connectivity index (χ1) is 17.6. The molecule has 4 rings (SSSR count). The predicted molar refractivity (Wildman–Crippen MR) is 152 cm³/mol. The van der Waals surface area contributed by atoms with E-state index in [-0.39, 0.29) is 24.0 Å². The van der Waals surface area contributed by atoms with E-state index in [0.29, 0.717) is 29.1 Å². The van der Waals surface area contributed by atoms with Gasteiger partial charge in [0, 0.05) is 16.6 Å². The van der Waals surface area contributed by atoms with Gasteiger partial charge in [0.15, 0.2) is 0 Å². The second-order valence-electron chi connectivity index (χ2n) is 8.95. The molecule has 9 heteroatoms. The maximum absolute atomic E-state index is 14.0. The van der Waals surface area contributed by atoms with Gasteiger partial charge in [0.25, 0.3) is 5.91 Å². The number of hydrogen-bond donors (Lipinski definition) is 1. The minimum atomic E-state index is -4.52. The van der Waals surface area contributed by atoms with Gasteiger partial charge in [-0.3, -0.25) is 4.79 Å².